The summed E-state index contributed by atoms with van der Waals surface area (Å²) in [6, 6.07) is 72.6. The first-order chi connectivity index (χ1) is 31.5. The Morgan fingerprint density at radius 3 is 0.828 bits per heavy atom. The van der Waals surface area contributed by atoms with Crippen LogP contribution < -0.4 is 41.3 Å². The van der Waals surface area contributed by atoms with Crippen molar-refractivity contribution in [1.82, 2.24) is 0 Å². The molecule has 0 heterocycles. The van der Waals surface area contributed by atoms with Crippen LogP contribution in [-0.2, 0) is 12.3 Å². The van der Waals surface area contributed by atoms with Crippen LogP contribution in [0.15, 0.2) is 194 Å². The van der Waals surface area contributed by atoms with Crippen LogP contribution in [0.2, 0.25) is 0 Å². The Bertz CT molecular complexity index is 2020. The van der Waals surface area contributed by atoms with Crippen LogP contribution >= 0.6 is 14.5 Å². The van der Waals surface area contributed by atoms with Gasteiger partial charge in [-0.15, -0.1) is 0 Å². The molecule has 0 saturated heterocycles. The molecule has 0 bridgehead atoms. The highest BCUT2D eigenvalue weighted by atomic mass is 31.2. The maximum absolute atomic E-state index is 7.34. The topological polar surface area (TPSA) is 18.5 Å². The summed E-state index contributed by atoms with van der Waals surface area (Å²) in [5.74, 6) is 2.96. The van der Waals surface area contributed by atoms with Gasteiger partial charge in [0, 0.05) is 11.1 Å². The van der Waals surface area contributed by atoms with Crippen molar-refractivity contribution in [2.45, 2.75) is 91.4 Å². The minimum absolute atomic E-state index is 0.484. The molecule has 2 nitrogen and oxygen atoms in total. The second kappa shape index (κ2) is 23.8. The highest BCUT2D eigenvalue weighted by Gasteiger charge is 2.48. The van der Waals surface area contributed by atoms with Gasteiger partial charge in [-0.3, -0.25) is 0 Å². The smallest absolute Gasteiger partial charge is 0.126 e. The predicted molar refractivity (Wildman–Crippen MR) is 282 cm³/mol. The normalized spacial score (nSPS) is 12.7. The van der Waals surface area contributed by atoms with Crippen molar-refractivity contribution in [1.29, 1.82) is 0 Å². The first-order valence-corrected chi connectivity index (χ1v) is 28.0. The van der Waals surface area contributed by atoms with E-state index in [0.29, 0.717) is 25.0 Å². The second-order valence-corrected chi connectivity index (χ2v) is 24.4. The van der Waals surface area contributed by atoms with E-state index in [4.69, 9.17) is 9.47 Å². The summed E-state index contributed by atoms with van der Waals surface area (Å²) in [7, 11) is -4.56. The van der Waals surface area contributed by atoms with Crippen molar-refractivity contribution in [2.24, 2.45) is 11.8 Å². The Balaban J connectivity index is 1.50. The standard InChI is InChI=1S/C60H70O2P2/c1-5-9-29-49(7-3)45-61-59-43-52(48-64(56-37-23-14-24-38-56,57-39-25-15-26-40-57)58-41-27-16-28-42-58)60(62-46-50(8-4)30-10-6-2)44-51(59)47-63(53-31-17-11-18-32-53,54-33-19-12-20-34-54)55-35-21-13-22-36-55/h11-28,31-44,49-50H,5-10,29-30,45-48H2,1-4H3/q+2. The maximum Gasteiger partial charge on any atom is 0.126 e. The molecular formula is C60H70O2P2+2. The van der Waals surface area contributed by atoms with Gasteiger partial charge in [0.05, 0.1) is 13.2 Å². The van der Waals surface area contributed by atoms with E-state index in [1.54, 1.807) is 0 Å². The van der Waals surface area contributed by atoms with Crippen LogP contribution in [0.4, 0.5) is 0 Å². The summed E-state index contributed by atoms with van der Waals surface area (Å²) in [6.07, 6.45) is 11.0. The lowest BCUT2D eigenvalue weighted by Crippen LogP contribution is -2.33. The van der Waals surface area contributed by atoms with E-state index in [-0.39, 0.29) is 0 Å². The van der Waals surface area contributed by atoms with E-state index >= 15 is 0 Å². The van der Waals surface area contributed by atoms with E-state index < -0.39 is 14.5 Å². The van der Waals surface area contributed by atoms with Crippen molar-refractivity contribution in [3.05, 3.63) is 205 Å². The minimum atomic E-state index is -2.28. The number of hydrogen-bond acceptors (Lipinski definition) is 2. The quantitative estimate of drug-likeness (QED) is 0.0563. The van der Waals surface area contributed by atoms with E-state index in [9.17, 15) is 0 Å². The van der Waals surface area contributed by atoms with Crippen molar-refractivity contribution in [3.8, 4) is 11.5 Å². The molecule has 0 spiro atoms. The number of benzene rings is 7. The maximum atomic E-state index is 7.34. The van der Waals surface area contributed by atoms with E-state index in [1.165, 1.54) is 81.5 Å². The monoisotopic (exact) mass is 884 g/mol. The lowest BCUT2D eigenvalue weighted by molar-refractivity contribution is 0.225. The third-order valence-electron chi connectivity index (χ3n) is 13.3. The third-order valence-corrected chi connectivity index (χ3v) is 22.0. The summed E-state index contributed by atoms with van der Waals surface area (Å²) in [5, 5.41) is 8.21. The summed E-state index contributed by atoms with van der Waals surface area (Å²) in [4.78, 5) is 0. The average Bonchev–Trinajstić information content (AvgIpc) is 3.37. The average molecular weight is 885 g/mol. The zero-order valence-electron chi connectivity index (χ0n) is 38.8. The van der Waals surface area contributed by atoms with E-state index in [2.05, 4.69) is 222 Å². The Morgan fingerprint density at radius 1 is 0.359 bits per heavy atom. The minimum Gasteiger partial charge on any atom is -0.493 e. The zero-order chi connectivity index (χ0) is 44.5. The largest absolute Gasteiger partial charge is 0.493 e. The van der Waals surface area contributed by atoms with Crippen LogP contribution in [-0.4, -0.2) is 13.2 Å². The van der Waals surface area contributed by atoms with Gasteiger partial charge in [-0.25, -0.2) is 0 Å². The van der Waals surface area contributed by atoms with Crippen LogP contribution in [0.25, 0.3) is 0 Å². The van der Waals surface area contributed by atoms with Crippen LogP contribution in [0, 0.1) is 11.8 Å². The van der Waals surface area contributed by atoms with Crippen molar-refractivity contribution >= 4 is 46.4 Å². The van der Waals surface area contributed by atoms with Gasteiger partial charge in [0.25, 0.3) is 0 Å². The predicted octanol–water partition coefficient (Wildman–Crippen LogP) is 13.9. The van der Waals surface area contributed by atoms with Crippen LogP contribution in [0.3, 0.4) is 0 Å². The Hall–Kier alpha value is -5.00. The molecule has 0 radical (unpaired) electrons. The molecule has 0 amide bonds. The zero-order valence-corrected chi connectivity index (χ0v) is 40.6. The van der Waals surface area contributed by atoms with Gasteiger partial charge in [0.1, 0.15) is 70.2 Å². The molecule has 0 aliphatic carbocycles. The summed E-state index contributed by atoms with van der Waals surface area (Å²) in [6.45, 7) is 10.6. The summed E-state index contributed by atoms with van der Waals surface area (Å²) >= 11 is 0. The van der Waals surface area contributed by atoms with Gasteiger partial charge >= 0.3 is 0 Å². The first kappa shape index (κ1) is 47.0. The Morgan fingerprint density at radius 2 is 0.609 bits per heavy atom. The molecule has 7 rings (SSSR count). The number of hydrogen-bond donors (Lipinski definition) is 0. The first-order valence-electron chi connectivity index (χ1n) is 24.1. The summed E-state index contributed by atoms with van der Waals surface area (Å²) < 4.78 is 14.7. The highest BCUT2D eigenvalue weighted by molar-refractivity contribution is 7.95. The molecule has 4 heteroatoms. The lowest BCUT2D eigenvalue weighted by Gasteiger charge is -2.31. The van der Waals surface area contributed by atoms with Gasteiger partial charge < -0.3 is 9.47 Å². The van der Waals surface area contributed by atoms with Crippen molar-refractivity contribution in [2.75, 3.05) is 13.2 Å². The SMILES string of the molecule is CCCCC(CC)COc1cc(C[P+](c2ccccc2)(c2ccccc2)c2ccccc2)c(OCC(CC)CCCC)cc1C[P+](c1ccccc1)(c1ccccc1)c1ccccc1. The molecule has 0 aliphatic heterocycles. The molecule has 64 heavy (non-hydrogen) atoms. The number of ether oxygens (including phenoxy) is 2. The van der Waals surface area contributed by atoms with Gasteiger partial charge in [0.15, 0.2) is 0 Å². The van der Waals surface area contributed by atoms with E-state index in [1.807, 2.05) is 0 Å². The molecule has 7 aromatic carbocycles. The number of unbranched alkanes of at least 4 members (excludes halogenated alkanes) is 2. The van der Waals surface area contributed by atoms with Gasteiger partial charge in [0.2, 0.25) is 0 Å². The van der Waals surface area contributed by atoms with E-state index in [0.717, 1.165) is 36.7 Å². The number of rotatable bonds is 24. The third kappa shape index (κ3) is 11.1. The molecule has 0 saturated carbocycles. The van der Waals surface area contributed by atoms with Crippen LogP contribution in [0.1, 0.15) is 90.2 Å². The van der Waals surface area contributed by atoms with Crippen LogP contribution in [0.5, 0.6) is 11.5 Å². The van der Waals surface area contributed by atoms with Crippen molar-refractivity contribution < 1.29 is 9.47 Å². The fourth-order valence-corrected chi connectivity index (χ4v) is 17.9. The lowest BCUT2D eigenvalue weighted by atomic mass is 10.0. The fourth-order valence-electron chi connectivity index (χ4n) is 9.42. The van der Waals surface area contributed by atoms with Gasteiger partial charge in [-0.1, -0.05) is 175 Å². The van der Waals surface area contributed by atoms with Gasteiger partial charge in [-0.2, -0.15) is 0 Å². The molecule has 0 aliphatic rings. The molecule has 0 aromatic heterocycles. The van der Waals surface area contributed by atoms with Gasteiger partial charge in [-0.05, 0) is 110 Å². The molecule has 2 atom stereocenters. The van der Waals surface area contributed by atoms with Crippen molar-refractivity contribution in [3.63, 3.8) is 0 Å². The highest BCUT2D eigenvalue weighted by Crippen LogP contribution is 2.62. The molecular weight excluding hydrogens is 815 g/mol. The molecule has 7 aromatic rings. The fraction of sp³-hybridized carbons (Fsp3) is 0.300. The molecule has 330 valence electrons. The molecule has 2 unspecified atom stereocenters. The summed E-state index contributed by atoms with van der Waals surface area (Å²) in [5.41, 5.74) is 2.44. The Kier molecular flexibility index (Phi) is 17.5. The molecule has 0 N–H and O–H groups in total. The Labute approximate surface area is 387 Å². The second-order valence-electron chi connectivity index (χ2n) is 17.5. The molecule has 0 fully saturated rings.